The minimum atomic E-state index is 0.0808. The lowest BCUT2D eigenvalue weighted by molar-refractivity contribution is 0.598. The lowest BCUT2D eigenvalue weighted by atomic mass is 10.1. The van der Waals surface area contributed by atoms with E-state index in [2.05, 4.69) is 4.98 Å². The monoisotopic (exact) mass is 284 g/mol. The summed E-state index contributed by atoms with van der Waals surface area (Å²) in [6, 6.07) is 12.0. The van der Waals surface area contributed by atoms with Gasteiger partial charge in [-0.25, -0.2) is 0 Å². The van der Waals surface area contributed by atoms with Crippen LogP contribution in [0, 0.1) is 6.92 Å². The molecular formula is C16H17N2OP. The van der Waals surface area contributed by atoms with Gasteiger partial charge in [0.1, 0.15) is 0 Å². The third-order valence-electron chi connectivity index (χ3n) is 3.06. The number of hydrogen-bond acceptors (Lipinski definition) is 3. The molecule has 3 nitrogen and oxygen atoms in total. The molecule has 102 valence electrons. The molecule has 20 heavy (non-hydrogen) atoms. The van der Waals surface area contributed by atoms with Crippen molar-refractivity contribution in [2.24, 2.45) is 0 Å². The quantitative estimate of drug-likeness (QED) is 0.782. The van der Waals surface area contributed by atoms with Gasteiger partial charge in [0.05, 0.1) is 17.5 Å². The number of benzene rings is 1. The standard InChI is InChI=1S/C16H17N2OP/c1-4-12-6-5-7-13(8-12)16-10-15(18(2)3)9-14(17-16)11-20-19/h1,5-10H,4,11H2,2-3H3. The fourth-order valence-corrected chi connectivity index (χ4v) is 2.28. The zero-order valence-corrected chi connectivity index (χ0v) is 12.6. The fraction of sp³-hybridized carbons (Fsp3) is 0.250. The van der Waals surface area contributed by atoms with E-state index < -0.39 is 0 Å². The van der Waals surface area contributed by atoms with Crippen molar-refractivity contribution in [1.82, 2.24) is 4.98 Å². The lowest BCUT2D eigenvalue weighted by Gasteiger charge is -2.15. The first-order chi connectivity index (χ1) is 9.63. The molecule has 0 N–H and O–H groups in total. The van der Waals surface area contributed by atoms with Crippen molar-refractivity contribution in [3.63, 3.8) is 0 Å². The van der Waals surface area contributed by atoms with Crippen LogP contribution in [0.1, 0.15) is 11.3 Å². The molecule has 1 heterocycles. The summed E-state index contributed by atoms with van der Waals surface area (Å²) < 4.78 is 10.8. The number of hydrogen-bond donors (Lipinski definition) is 0. The molecule has 0 fully saturated rings. The van der Waals surface area contributed by atoms with Crippen molar-refractivity contribution in [1.29, 1.82) is 0 Å². The van der Waals surface area contributed by atoms with Crippen molar-refractivity contribution in [2.75, 3.05) is 19.0 Å². The van der Waals surface area contributed by atoms with Gasteiger partial charge in [-0.05, 0) is 37.1 Å². The van der Waals surface area contributed by atoms with E-state index in [0.717, 1.165) is 28.2 Å². The second-order valence-electron chi connectivity index (χ2n) is 4.79. The van der Waals surface area contributed by atoms with Gasteiger partial charge in [-0.3, -0.25) is 9.55 Å². The van der Waals surface area contributed by atoms with Gasteiger partial charge in [0.2, 0.25) is 0 Å². The Kier molecular flexibility index (Phi) is 4.86. The van der Waals surface area contributed by atoms with Gasteiger partial charge in [0, 0.05) is 25.3 Å². The Morgan fingerprint density at radius 1 is 1.25 bits per heavy atom. The molecule has 0 saturated heterocycles. The highest BCUT2D eigenvalue weighted by atomic mass is 31.1. The second kappa shape index (κ2) is 6.62. The van der Waals surface area contributed by atoms with Crippen LogP contribution in [-0.4, -0.2) is 19.1 Å². The van der Waals surface area contributed by atoms with E-state index in [0.29, 0.717) is 12.6 Å². The predicted octanol–water partition coefficient (Wildman–Crippen LogP) is 3.86. The van der Waals surface area contributed by atoms with E-state index in [-0.39, 0.29) is 8.46 Å². The van der Waals surface area contributed by atoms with Crippen LogP contribution in [0.3, 0.4) is 0 Å². The summed E-state index contributed by atoms with van der Waals surface area (Å²) in [4.78, 5) is 6.59. The zero-order chi connectivity index (χ0) is 14.5. The largest absolute Gasteiger partial charge is 0.378 e. The van der Waals surface area contributed by atoms with Crippen molar-refractivity contribution in [3.8, 4) is 11.3 Å². The summed E-state index contributed by atoms with van der Waals surface area (Å²) in [5.41, 5.74) is 4.85. The Balaban J connectivity index is 2.50. The van der Waals surface area contributed by atoms with Crippen LogP contribution in [-0.2, 0) is 17.1 Å². The van der Waals surface area contributed by atoms with Crippen molar-refractivity contribution in [3.05, 3.63) is 54.6 Å². The van der Waals surface area contributed by atoms with Crippen molar-refractivity contribution < 1.29 is 4.57 Å². The van der Waals surface area contributed by atoms with Gasteiger partial charge in [-0.2, -0.15) is 0 Å². The third-order valence-corrected chi connectivity index (χ3v) is 3.52. The van der Waals surface area contributed by atoms with E-state index in [1.807, 2.05) is 55.4 Å². The molecule has 0 atom stereocenters. The normalized spacial score (nSPS) is 10.8. The maximum Gasteiger partial charge on any atom is 0.161 e. The third kappa shape index (κ3) is 3.43. The van der Waals surface area contributed by atoms with Crippen LogP contribution >= 0.6 is 8.46 Å². The van der Waals surface area contributed by atoms with Gasteiger partial charge >= 0.3 is 0 Å². The van der Waals surface area contributed by atoms with Crippen LogP contribution in [0.5, 0.6) is 0 Å². The molecule has 2 rings (SSSR count). The molecule has 2 aromatic rings. The van der Waals surface area contributed by atoms with Crippen LogP contribution < -0.4 is 4.90 Å². The van der Waals surface area contributed by atoms with Crippen molar-refractivity contribution >= 4 is 14.1 Å². The van der Waals surface area contributed by atoms with Gasteiger partial charge in [-0.1, -0.05) is 18.2 Å². The number of aromatic nitrogens is 1. The number of rotatable bonds is 5. The summed E-state index contributed by atoms with van der Waals surface area (Å²) >= 11 is 0. The smallest absolute Gasteiger partial charge is 0.161 e. The highest BCUT2D eigenvalue weighted by Gasteiger charge is 2.07. The van der Waals surface area contributed by atoms with E-state index in [1.54, 1.807) is 0 Å². The summed E-state index contributed by atoms with van der Waals surface area (Å²) in [5, 5.41) is 0. The number of anilines is 1. The summed E-state index contributed by atoms with van der Waals surface area (Å²) in [5.74, 6) is 0. The Labute approximate surface area is 121 Å². The zero-order valence-electron chi connectivity index (χ0n) is 11.7. The molecule has 4 heteroatoms. The Hall–Kier alpha value is -1.73. The van der Waals surface area contributed by atoms with Crippen LogP contribution in [0.2, 0.25) is 0 Å². The Morgan fingerprint density at radius 2 is 2.05 bits per heavy atom. The first-order valence-corrected chi connectivity index (χ1v) is 7.40. The molecule has 1 aromatic heterocycles. The van der Waals surface area contributed by atoms with E-state index >= 15 is 0 Å². The summed E-state index contributed by atoms with van der Waals surface area (Å²) in [7, 11) is 4.04. The molecule has 0 spiro atoms. The second-order valence-corrected chi connectivity index (χ2v) is 5.36. The number of nitrogens with zero attached hydrogens (tertiary/aromatic N) is 2. The van der Waals surface area contributed by atoms with Gasteiger partial charge in [-0.15, -0.1) is 0 Å². The molecular weight excluding hydrogens is 267 g/mol. The Morgan fingerprint density at radius 3 is 2.70 bits per heavy atom. The molecule has 0 bridgehead atoms. The SMILES string of the molecule is [CH]Cc1cccc(-c2cc(N(C)C)cc(CP=O)n2)c1. The molecule has 0 unspecified atom stereocenters. The molecule has 0 saturated carbocycles. The van der Waals surface area contributed by atoms with Crippen LogP contribution in [0.25, 0.3) is 11.3 Å². The molecule has 2 radical (unpaired) electrons. The lowest BCUT2D eigenvalue weighted by Crippen LogP contribution is -2.09. The van der Waals surface area contributed by atoms with E-state index in [9.17, 15) is 4.57 Å². The predicted molar refractivity (Wildman–Crippen MR) is 83.3 cm³/mol. The minimum Gasteiger partial charge on any atom is -0.378 e. The topological polar surface area (TPSA) is 33.2 Å². The highest BCUT2D eigenvalue weighted by Crippen LogP contribution is 2.25. The van der Waals surface area contributed by atoms with Crippen molar-refractivity contribution in [2.45, 2.75) is 12.6 Å². The maximum absolute atomic E-state index is 10.8. The van der Waals surface area contributed by atoms with Gasteiger partial charge in [0.25, 0.3) is 0 Å². The van der Waals surface area contributed by atoms with E-state index in [1.165, 1.54) is 0 Å². The van der Waals surface area contributed by atoms with Gasteiger partial charge in [0.15, 0.2) is 8.46 Å². The minimum absolute atomic E-state index is 0.0808. The number of pyridine rings is 1. The summed E-state index contributed by atoms with van der Waals surface area (Å²) in [6.45, 7) is 5.68. The Bertz CT molecular complexity index is 611. The molecule has 0 aliphatic heterocycles. The molecule has 0 amide bonds. The first kappa shape index (κ1) is 14.7. The molecule has 0 aliphatic rings. The summed E-state index contributed by atoms with van der Waals surface area (Å²) in [6.07, 6.45) is 0.929. The first-order valence-electron chi connectivity index (χ1n) is 6.41. The highest BCUT2D eigenvalue weighted by molar-refractivity contribution is 7.22. The van der Waals surface area contributed by atoms with Crippen LogP contribution in [0.4, 0.5) is 5.69 Å². The van der Waals surface area contributed by atoms with Crippen LogP contribution in [0.15, 0.2) is 36.4 Å². The maximum atomic E-state index is 10.8. The molecule has 0 aliphatic carbocycles. The van der Waals surface area contributed by atoms with Gasteiger partial charge < -0.3 is 4.90 Å². The average Bonchev–Trinajstić information content (AvgIpc) is 2.47. The fourth-order valence-electron chi connectivity index (χ4n) is 1.98. The average molecular weight is 284 g/mol. The van der Waals surface area contributed by atoms with E-state index in [4.69, 9.17) is 6.92 Å². The molecule has 1 aromatic carbocycles.